The Bertz CT molecular complexity index is 502. The Morgan fingerprint density at radius 3 is 2.95 bits per heavy atom. The zero-order valence-corrected chi connectivity index (χ0v) is 12.6. The second kappa shape index (κ2) is 7.24. The average Bonchev–Trinajstić information content (AvgIpc) is 2.93. The summed E-state index contributed by atoms with van der Waals surface area (Å²) in [6, 6.07) is 5.65. The molecule has 0 fully saturated rings. The van der Waals surface area contributed by atoms with E-state index in [4.69, 9.17) is 9.47 Å². The Kier molecular flexibility index (Phi) is 5.35. The van der Waals surface area contributed by atoms with Gasteiger partial charge in [-0.3, -0.25) is 4.79 Å². The molecule has 0 aromatic heterocycles. The minimum atomic E-state index is 0.0409. The first-order valence-electron chi connectivity index (χ1n) is 6.60. The van der Waals surface area contributed by atoms with Gasteiger partial charge >= 0.3 is 0 Å². The SMILES string of the molecule is CCN(CCSC)C(=O)/C=C/c1ccc2c(c1)OCO2. The molecule has 1 aromatic carbocycles. The fourth-order valence-corrected chi connectivity index (χ4v) is 2.32. The van der Waals surface area contributed by atoms with E-state index in [9.17, 15) is 4.79 Å². The number of hydrogen-bond donors (Lipinski definition) is 0. The lowest BCUT2D eigenvalue weighted by Gasteiger charge is -2.18. The molecule has 1 aliphatic rings. The third-order valence-corrected chi connectivity index (χ3v) is 3.66. The third kappa shape index (κ3) is 3.70. The molecule has 0 atom stereocenters. The lowest BCUT2D eigenvalue weighted by molar-refractivity contribution is -0.125. The zero-order valence-electron chi connectivity index (χ0n) is 11.8. The van der Waals surface area contributed by atoms with Crippen LogP contribution in [-0.4, -0.2) is 42.7 Å². The fraction of sp³-hybridized carbons (Fsp3) is 0.400. The minimum absolute atomic E-state index is 0.0409. The Labute approximate surface area is 123 Å². The van der Waals surface area contributed by atoms with E-state index in [2.05, 4.69) is 0 Å². The van der Waals surface area contributed by atoms with E-state index >= 15 is 0 Å². The maximum Gasteiger partial charge on any atom is 0.246 e. The molecule has 2 rings (SSSR count). The highest BCUT2D eigenvalue weighted by Crippen LogP contribution is 2.32. The first-order valence-corrected chi connectivity index (χ1v) is 7.99. The molecule has 5 heteroatoms. The van der Waals surface area contributed by atoms with Gasteiger partial charge in [0.2, 0.25) is 12.7 Å². The van der Waals surface area contributed by atoms with Crippen molar-refractivity contribution >= 4 is 23.7 Å². The first-order chi connectivity index (χ1) is 9.74. The van der Waals surface area contributed by atoms with E-state index in [0.29, 0.717) is 0 Å². The van der Waals surface area contributed by atoms with Gasteiger partial charge in [0.1, 0.15) is 0 Å². The van der Waals surface area contributed by atoms with Crippen molar-refractivity contribution in [1.29, 1.82) is 0 Å². The third-order valence-electron chi connectivity index (χ3n) is 3.07. The molecule has 0 saturated heterocycles. The standard InChI is InChI=1S/C15H19NO3S/c1-3-16(8-9-20-2)15(17)7-5-12-4-6-13-14(10-12)19-11-18-13/h4-7,10H,3,8-9,11H2,1-2H3/b7-5+. The molecule has 0 saturated carbocycles. The number of ether oxygens (including phenoxy) is 2. The van der Waals surface area contributed by atoms with Gasteiger partial charge in [-0.1, -0.05) is 6.07 Å². The highest BCUT2D eigenvalue weighted by molar-refractivity contribution is 7.98. The van der Waals surface area contributed by atoms with Crippen molar-refractivity contribution in [2.24, 2.45) is 0 Å². The van der Waals surface area contributed by atoms with Crippen LogP contribution in [0.4, 0.5) is 0 Å². The van der Waals surface area contributed by atoms with Gasteiger partial charge in [-0.2, -0.15) is 11.8 Å². The van der Waals surface area contributed by atoms with E-state index < -0.39 is 0 Å². The number of carbonyl (C=O) groups excluding carboxylic acids is 1. The highest BCUT2D eigenvalue weighted by atomic mass is 32.2. The molecule has 0 aliphatic carbocycles. The lowest BCUT2D eigenvalue weighted by atomic mass is 10.2. The van der Waals surface area contributed by atoms with Gasteiger partial charge in [-0.15, -0.1) is 0 Å². The van der Waals surface area contributed by atoms with Gasteiger partial charge in [0.15, 0.2) is 11.5 Å². The van der Waals surface area contributed by atoms with Crippen LogP contribution in [0.25, 0.3) is 6.08 Å². The topological polar surface area (TPSA) is 38.8 Å². The summed E-state index contributed by atoms with van der Waals surface area (Å²) in [5.41, 5.74) is 0.934. The van der Waals surface area contributed by atoms with Crippen molar-refractivity contribution < 1.29 is 14.3 Å². The molecule has 0 spiro atoms. The van der Waals surface area contributed by atoms with Gasteiger partial charge in [0.05, 0.1) is 0 Å². The molecule has 20 heavy (non-hydrogen) atoms. The molecule has 4 nitrogen and oxygen atoms in total. The molecule has 1 heterocycles. The van der Waals surface area contributed by atoms with Gasteiger partial charge < -0.3 is 14.4 Å². The van der Waals surface area contributed by atoms with Crippen LogP contribution >= 0.6 is 11.8 Å². The summed E-state index contributed by atoms with van der Waals surface area (Å²) in [5.74, 6) is 2.48. The summed E-state index contributed by atoms with van der Waals surface area (Å²) in [4.78, 5) is 13.9. The number of benzene rings is 1. The van der Waals surface area contributed by atoms with E-state index in [1.165, 1.54) is 0 Å². The van der Waals surface area contributed by atoms with Gasteiger partial charge in [0.25, 0.3) is 0 Å². The first kappa shape index (κ1) is 14.8. The molecule has 1 aromatic rings. The Hall–Kier alpha value is -1.62. The predicted molar refractivity (Wildman–Crippen MR) is 82.2 cm³/mol. The number of thioether (sulfide) groups is 1. The number of likely N-dealkylation sites (N-methyl/N-ethyl adjacent to an activating group) is 1. The van der Waals surface area contributed by atoms with Gasteiger partial charge in [0, 0.05) is 24.9 Å². The van der Waals surface area contributed by atoms with Crippen molar-refractivity contribution in [1.82, 2.24) is 4.90 Å². The second-order valence-electron chi connectivity index (χ2n) is 4.36. The molecule has 1 aliphatic heterocycles. The number of hydrogen-bond acceptors (Lipinski definition) is 4. The van der Waals surface area contributed by atoms with Gasteiger partial charge in [-0.05, 0) is 37.0 Å². The van der Waals surface area contributed by atoms with Crippen LogP contribution in [0.1, 0.15) is 12.5 Å². The lowest BCUT2D eigenvalue weighted by Crippen LogP contribution is -2.31. The molecule has 0 unspecified atom stereocenters. The molecular weight excluding hydrogens is 274 g/mol. The Morgan fingerprint density at radius 2 is 2.20 bits per heavy atom. The molecule has 0 N–H and O–H groups in total. The van der Waals surface area contributed by atoms with Crippen molar-refractivity contribution in [3.05, 3.63) is 29.8 Å². The maximum atomic E-state index is 12.1. The Morgan fingerprint density at radius 1 is 1.40 bits per heavy atom. The number of amides is 1. The summed E-state index contributed by atoms with van der Waals surface area (Å²) in [7, 11) is 0. The monoisotopic (exact) mass is 293 g/mol. The molecule has 0 radical (unpaired) electrons. The van der Waals surface area contributed by atoms with E-state index in [-0.39, 0.29) is 12.7 Å². The van der Waals surface area contributed by atoms with Crippen molar-refractivity contribution in [2.75, 3.05) is 31.9 Å². The Balaban J connectivity index is 1.99. The summed E-state index contributed by atoms with van der Waals surface area (Å²) < 4.78 is 10.6. The number of carbonyl (C=O) groups is 1. The highest BCUT2D eigenvalue weighted by Gasteiger charge is 2.12. The van der Waals surface area contributed by atoms with E-state index in [1.807, 2.05) is 42.4 Å². The van der Waals surface area contributed by atoms with Crippen LogP contribution in [0, 0.1) is 0 Å². The summed E-state index contributed by atoms with van der Waals surface area (Å²) in [6.07, 6.45) is 5.47. The second-order valence-corrected chi connectivity index (χ2v) is 5.34. The number of nitrogens with zero attached hydrogens (tertiary/aromatic N) is 1. The van der Waals surface area contributed by atoms with E-state index in [1.54, 1.807) is 17.8 Å². The van der Waals surface area contributed by atoms with Crippen LogP contribution in [0.2, 0.25) is 0 Å². The van der Waals surface area contributed by atoms with Crippen LogP contribution in [0.15, 0.2) is 24.3 Å². The smallest absolute Gasteiger partial charge is 0.246 e. The molecular formula is C15H19NO3S. The van der Waals surface area contributed by atoms with E-state index in [0.717, 1.165) is 35.9 Å². The maximum absolute atomic E-state index is 12.1. The minimum Gasteiger partial charge on any atom is -0.454 e. The average molecular weight is 293 g/mol. The number of fused-ring (bicyclic) bond motifs is 1. The zero-order chi connectivity index (χ0) is 14.4. The van der Waals surface area contributed by atoms with Crippen LogP contribution in [0.5, 0.6) is 11.5 Å². The van der Waals surface area contributed by atoms with Crippen molar-refractivity contribution in [2.45, 2.75) is 6.92 Å². The molecule has 0 bridgehead atoms. The van der Waals surface area contributed by atoms with Gasteiger partial charge in [-0.25, -0.2) is 0 Å². The largest absolute Gasteiger partial charge is 0.454 e. The number of rotatable bonds is 6. The van der Waals surface area contributed by atoms with Crippen LogP contribution < -0.4 is 9.47 Å². The van der Waals surface area contributed by atoms with Crippen molar-refractivity contribution in [3.63, 3.8) is 0 Å². The van der Waals surface area contributed by atoms with Crippen LogP contribution in [-0.2, 0) is 4.79 Å². The fourth-order valence-electron chi connectivity index (χ4n) is 1.92. The van der Waals surface area contributed by atoms with Crippen LogP contribution in [0.3, 0.4) is 0 Å². The normalized spacial score (nSPS) is 12.9. The summed E-state index contributed by atoms with van der Waals surface area (Å²) in [6.45, 7) is 3.76. The summed E-state index contributed by atoms with van der Waals surface area (Å²) >= 11 is 1.74. The van der Waals surface area contributed by atoms with Crippen molar-refractivity contribution in [3.8, 4) is 11.5 Å². The molecule has 1 amide bonds. The summed E-state index contributed by atoms with van der Waals surface area (Å²) in [5, 5.41) is 0. The molecule has 108 valence electrons. The quantitative estimate of drug-likeness (QED) is 0.756. The predicted octanol–water partition coefficient (Wildman–Crippen LogP) is 2.64.